The Labute approximate surface area is 109 Å². The summed E-state index contributed by atoms with van der Waals surface area (Å²) in [6.45, 7) is 7.86. The number of allylic oxidation sites excluding steroid dienone is 1. The van der Waals surface area contributed by atoms with Crippen molar-refractivity contribution in [3.63, 3.8) is 0 Å². The first kappa shape index (κ1) is 13.2. The van der Waals surface area contributed by atoms with Crippen LogP contribution in [0.3, 0.4) is 0 Å². The predicted octanol–water partition coefficient (Wildman–Crippen LogP) is 5.04. The molecule has 0 spiro atoms. The van der Waals surface area contributed by atoms with Crippen LogP contribution in [0.1, 0.15) is 33.3 Å². The lowest BCUT2D eigenvalue weighted by atomic mass is 10.2. The van der Waals surface area contributed by atoms with Gasteiger partial charge in [-0.1, -0.05) is 51.1 Å². The van der Waals surface area contributed by atoms with Gasteiger partial charge in [-0.25, -0.2) is 0 Å². The fourth-order valence-corrected chi connectivity index (χ4v) is 3.82. The smallest absolute Gasteiger partial charge is 0.141 e. The molecule has 0 fully saturated rings. The van der Waals surface area contributed by atoms with E-state index in [1.807, 2.05) is 58.0 Å². The molecule has 3 heteroatoms. The Hall–Kier alpha value is -1.27. The Morgan fingerprint density at radius 3 is 2.22 bits per heavy atom. The van der Waals surface area contributed by atoms with Crippen molar-refractivity contribution in [2.45, 2.75) is 32.9 Å². The van der Waals surface area contributed by atoms with E-state index in [1.54, 1.807) is 11.6 Å². The molecule has 96 valence electrons. The Balaban J connectivity index is 2.50. The molecule has 1 unspecified atom stereocenters. The van der Waals surface area contributed by atoms with E-state index in [-0.39, 0.29) is 5.16 Å². The fraction of sp³-hybridized carbons (Fsp3) is 0.333. The topological polar surface area (TPSA) is 26.3 Å². The molecular formula is C15H19O2P. The van der Waals surface area contributed by atoms with Crippen LogP contribution < -0.4 is 0 Å². The van der Waals surface area contributed by atoms with Gasteiger partial charge in [0.1, 0.15) is 18.7 Å². The third-order valence-corrected chi connectivity index (χ3v) is 6.52. The van der Waals surface area contributed by atoms with Gasteiger partial charge in [0.2, 0.25) is 0 Å². The number of rotatable bonds is 1. The molecule has 0 amide bonds. The molecule has 2 rings (SSSR count). The minimum atomic E-state index is -2.52. The minimum Gasteiger partial charge on any atom is -0.461 e. The average Bonchev–Trinajstić information content (AvgIpc) is 2.27. The SMILES string of the molecule is CC1=CP(=O)(C(C)(C)C)C=C(c2ccccc2)O1. The molecule has 1 aromatic carbocycles. The van der Waals surface area contributed by atoms with E-state index < -0.39 is 7.14 Å². The van der Waals surface area contributed by atoms with E-state index >= 15 is 0 Å². The fourth-order valence-electron chi connectivity index (χ4n) is 1.83. The normalized spacial score (nSPS) is 24.0. The Kier molecular flexibility index (Phi) is 3.25. The van der Waals surface area contributed by atoms with Crippen LogP contribution in [0.5, 0.6) is 0 Å². The summed E-state index contributed by atoms with van der Waals surface area (Å²) in [7, 11) is -2.52. The molecule has 1 aliphatic heterocycles. The van der Waals surface area contributed by atoms with Crippen molar-refractivity contribution in [3.8, 4) is 0 Å². The molecule has 1 atom stereocenters. The number of hydrogen-bond donors (Lipinski definition) is 0. The van der Waals surface area contributed by atoms with Crippen LogP contribution in [0.25, 0.3) is 5.76 Å². The molecule has 1 aromatic rings. The molecule has 1 heterocycles. The second-order valence-electron chi connectivity index (χ2n) is 5.58. The van der Waals surface area contributed by atoms with Crippen LogP contribution in [0.2, 0.25) is 0 Å². The maximum absolute atomic E-state index is 13.0. The Morgan fingerprint density at radius 1 is 1.06 bits per heavy atom. The first-order valence-corrected chi connectivity index (χ1v) is 7.91. The zero-order valence-electron chi connectivity index (χ0n) is 11.3. The molecular weight excluding hydrogens is 243 g/mol. The van der Waals surface area contributed by atoms with Gasteiger partial charge in [-0.15, -0.1) is 0 Å². The van der Waals surface area contributed by atoms with E-state index in [1.165, 1.54) is 0 Å². The molecule has 0 aliphatic carbocycles. The van der Waals surface area contributed by atoms with Crippen molar-refractivity contribution in [1.29, 1.82) is 0 Å². The van der Waals surface area contributed by atoms with E-state index in [4.69, 9.17) is 4.74 Å². The van der Waals surface area contributed by atoms with Gasteiger partial charge in [-0.3, -0.25) is 0 Å². The highest BCUT2D eigenvalue weighted by Gasteiger charge is 2.36. The van der Waals surface area contributed by atoms with Crippen LogP contribution in [0.15, 0.2) is 47.7 Å². The maximum atomic E-state index is 13.0. The quantitative estimate of drug-likeness (QED) is 0.663. The lowest BCUT2D eigenvalue weighted by Crippen LogP contribution is -2.14. The summed E-state index contributed by atoms with van der Waals surface area (Å²) in [5, 5.41) is -0.280. The highest BCUT2D eigenvalue weighted by atomic mass is 31.2. The van der Waals surface area contributed by atoms with Crippen molar-refractivity contribution < 1.29 is 9.30 Å². The van der Waals surface area contributed by atoms with Gasteiger partial charge < -0.3 is 9.30 Å². The maximum Gasteiger partial charge on any atom is 0.141 e. The summed E-state index contributed by atoms with van der Waals surface area (Å²) in [4.78, 5) is 0. The van der Waals surface area contributed by atoms with Gasteiger partial charge in [0, 0.05) is 22.4 Å². The number of benzene rings is 1. The summed E-state index contributed by atoms with van der Waals surface area (Å²) in [6, 6.07) is 9.80. The zero-order valence-corrected chi connectivity index (χ0v) is 12.2. The van der Waals surface area contributed by atoms with Gasteiger partial charge in [0.15, 0.2) is 0 Å². The summed E-state index contributed by atoms with van der Waals surface area (Å²) in [6.07, 6.45) is 0. The monoisotopic (exact) mass is 262 g/mol. The Morgan fingerprint density at radius 2 is 1.67 bits per heavy atom. The van der Waals surface area contributed by atoms with E-state index in [0.29, 0.717) is 5.76 Å². The van der Waals surface area contributed by atoms with Crippen LogP contribution in [0.4, 0.5) is 0 Å². The van der Waals surface area contributed by atoms with Crippen LogP contribution >= 0.6 is 7.14 Å². The first-order chi connectivity index (χ1) is 8.32. The van der Waals surface area contributed by atoms with Crippen LogP contribution in [-0.2, 0) is 9.30 Å². The van der Waals surface area contributed by atoms with Gasteiger partial charge in [0.05, 0.1) is 0 Å². The predicted molar refractivity (Wildman–Crippen MR) is 76.6 cm³/mol. The molecule has 0 N–H and O–H groups in total. The zero-order chi connectivity index (χ0) is 13.4. The number of hydrogen-bond acceptors (Lipinski definition) is 2. The van der Waals surface area contributed by atoms with Crippen molar-refractivity contribution in [2.75, 3.05) is 0 Å². The van der Waals surface area contributed by atoms with Crippen molar-refractivity contribution in [1.82, 2.24) is 0 Å². The lowest BCUT2D eigenvalue weighted by molar-refractivity contribution is 0.383. The summed E-state index contributed by atoms with van der Waals surface area (Å²) in [5.74, 6) is 5.00. The van der Waals surface area contributed by atoms with Gasteiger partial charge in [-0.2, -0.15) is 0 Å². The Bertz CT molecular complexity index is 548. The van der Waals surface area contributed by atoms with E-state index in [2.05, 4.69) is 0 Å². The van der Waals surface area contributed by atoms with Crippen LogP contribution in [0, 0.1) is 0 Å². The number of ether oxygens (including phenoxy) is 1. The second-order valence-corrected chi connectivity index (χ2v) is 8.86. The molecule has 2 nitrogen and oxygen atoms in total. The molecule has 0 radical (unpaired) electrons. The van der Waals surface area contributed by atoms with E-state index in [0.717, 1.165) is 11.3 Å². The van der Waals surface area contributed by atoms with Crippen molar-refractivity contribution in [2.24, 2.45) is 0 Å². The van der Waals surface area contributed by atoms with Gasteiger partial charge in [0.25, 0.3) is 0 Å². The van der Waals surface area contributed by atoms with Gasteiger partial charge >= 0.3 is 0 Å². The highest BCUT2D eigenvalue weighted by molar-refractivity contribution is 7.71. The third-order valence-electron chi connectivity index (χ3n) is 3.06. The molecule has 18 heavy (non-hydrogen) atoms. The highest BCUT2D eigenvalue weighted by Crippen LogP contribution is 2.64. The van der Waals surface area contributed by atoms with Gasteiger partial charge in [-0.05, 0) is 6.92 Å². The first-order valence-electron chi connectivity index (χ1n) is 6.07. The molecule has 0 bridgehead atoms. The summed E-state index contributed by atoms with van der Waals surface area (Å²) in [5.41, 5.74) is 0.967. The van der Waals surface area contributed by atoms with E-state index in [9.17, 15) is 4.57 Å². The molecule has 0 saturated heterocycles. The summed E-state index contributed by atoms with van der Waals surface area (Å²) >= 11 is 0. The molecule has 1 aliphatic rings. The third kappa shape index (κ3) is 2.44. The lowest BCUT2D eigenvalue weighted by Gasteiger charge is -2.30. The molecule has 0 aromatic heterocycles. The standard InChI is InChI=1S/C15H19O2P/c1-12-10-18(16,15(2,3)4)11-14(17-12)13-8-6-5-7-9-13/h5-11H,1-4H3. The minimum absolute atomic E-state index is 0.280. The second kappa shape index (κ2) is 4.44. The molecule has 0 saturated carbocycles. The van der Waals surface area contributed by atoms with Crippen molar-refractivity contribution >= 4 is 12.9 Å². The van der Waals surface area contributed by atoms with Crippen molar-refractivity contribution in [3.05, 3.63) is 53.3 Å². The largest absolute Gasteiger partial charge is 0.461 e. The van der Waals surface area contributed by atoms with Crippen LogP contribution in [-0.4, -0.2) is 5.16 Å². The summed E-state index contributed by atoms with van der Waals surface area (Å²) < 4.78 is 18.7. The average molecular weight is 262 g/mol.